The van der Waals surface area contributed by atoms with Gasteiger partial charge in [0, 0.05) is 0 Å². The fraction of sp³-hybridized carbons (Fsp3) is 0.455. The van der Waals surface area contributed by atoms with Gasteiger partial charge in [-0.2, -0.15) is 0 Å². The van der Waals surface area contributed by atoms with Crippen LogP contribution in [0.4, 0.5) is 0 Å². The maximum absolute atomic E-state index is 5.82. The maximum Gasteiger partial charge on any atom is 0.0595 e. The van der Waals surface area contributed by atoms with Crippen molar-refractivity contribution in [3.63, 3.8) is 0 Å². The average molecular weight is 367 g/mol. The molecule has 0 unspecified atom stereocenters. The highest BCUT2D eigenvalue weighted by Crippen LogP contribution is 2.23. The van der Waals surface area contributed by atoms with E-state index in [1.165, 1.54) is 22.3 Å². The Hall–Kier alpha value is -0.980. The van der Waals surface area contributed by atoms with E-state index in [-0.39, 0.29) is 0 Å². The first-order chi connectivity index (χ1) is 11.3. The van der Waals surface area contributed by atoms with Crippen LogP contribution in [0, 0.1) is 13.8 Å². The van der Waals surface area contributed by atoms with Crippen molar-refractivity contribution in [2.45, 2.75) is 67.2 Å². The third-order valence-electron chi connectivity index (χ3n) is 3.72. The zero-order valence-corrected chi connectivity index (χ0v) is 17.7. The summed E-state index contributed by atoms with van der Waals surface area (Å²) < 4.78 is 0. The lowest BCUT2D eigenvalue weighted by molar-refractivity contribution is 0.864. The summed E-state index contributed by atoms with van der Waals surface area (Å²) in [7, 11) is 0. The van der Waals surface area contributed by atoms with Gasteiger partial charge in [0.25, 0.3) is 0 Å². The quantitative estimate of drug-likeness (QED) is 0.511. The van der Waals surface area contributed by atoms with Gasteiger partial charge >= 0.3 is 0 Å². The number of rotatable bonds is 3. The van der Waals surface area contributed by atoms with E-state index in [4.69, 9.17) is 23.2 Å². The average Bonchev–Trinajstić information content (AvgIpc) is 2.56. The molecule has 134 valence electrons. The molecule has 0 atom stereocenters. The molecule has 2 aromatic carbocycles. The van der Waals surface area contributed by atoms with Crippen LogP contribution < -0.4 is 0 Å². The Kier molecular flexibility index (Phi) is 11.9. The van der Waals surface area contributed by atoms with Crippen LogP contribution in [0.15, 0.2) is 36.4 Å². The molecule has 0 aromatic heterocycles. The zero-order chi connectivity index (χ0) is 18.7. The molecule has 0 fully saturated rings. The maximum atomic E-state index is 5.82. The smallest absolute Gasteiger partial charge is 0.0595 e. The molecular weight excluding hydrogens is 335 g/mol. The first-order valence-corrected chi connectivity index (χ1v) is 9.61. The molecule has 2 rings (SSSR count). The Morgan fingerprint density at radius 3 is 1.92 bits per heavy atom. The van der Waals surface area contributed by atoms with Gasteiger partial charge < -0.3 is 0 Å². The summed E-state index contributed by atoms with van der Waals surface area (Å²) in [5, 5.41) is 1.28. The van der Waals surface area contributed by atoms with Gasteiger partial charge in [-0.15, -0.1) is 0 Å². The SMILES string of the molecule is CC.CCCc1ccc(Cl)c(Cl)c1.Cc1ccc(C(C)C)cc1C. The summed E-state index contributed by atoms with van der Waals surface area (Å²) in [6.07, 6.45) is 2.20. The van der Waals surface area contributed by atoms with Crippen molar-refractivity contribution in [1.29, 1.82) is 0 Å². The molecule has 0 amide bonds. The van der Waals surface area contributed by atoms with Crippen LogP contribution in [0.2, 0.25) is 10.0 Å². The molecule has 24 heavy (non-hydrogen) atoms. The summed E-state index contributed by atoms with van der Waals surface area (Å²) >= 11 is 11.6. The summed E-state index contributed by atoms with van der Waals surface area (Å²) in [5.41, 5.74) is 5.47. The minimum Gasteiger partial charge on any atom is -0.0827 e. The number of aryl methyl sites for hydroxylation is 3. The minimum atomic E-state index is 0.631. The summed E-state index contributed by atoms with van der Waals surface area (Å²) in [6, 6.07) is 12.5. The molecule has 0 aliphatic heterocycles. The summed E-state index contributed by atoms with van der Waals surface area (Å²) in [5.74, 6) is 0.647. The second kappa shape index (κ2) is 12.4. The van der Waals surface area contributed by atoms with Crippen LogP contribution in [0.5, 0.6) is 0 Å². The van der Waals surface area contributed by atoms with Crippen molar-refractivity contribution in [3.8, 4) is 0 Å². The highest BCUT2D eigenvalue weighted by Gasteiger charge is 1.99. The minimum absolute atomic E-state index is 0.631. The standard InChI is InChI=1S/C11H16.C9H10Cl2.C2H6/c1-8(2)11-6-5-9(3)10(4)7-11;1-2-3-7-4-5-8(10)9(11)6-7;1-2/h5-8H,1-4H3;4-6H,2-3H2,1H3;1-2H3. The molecule has 0 N–H and O–H groups in total. The summed E-state index contributed by atoms with van der Waals surface area (Å²) in [6.45, 7) is 14.9. The van der Waals surface area contributed by atoms with Crippen LogP contribution in [-0.4, -0.2) is 0 Å². The fourth-order valence-electron chi connectivity index (χ4n) is 2.11. The van der Waals surface area contributed by atoms with Gasteiger partial charge in [0.1, 0.15) is 0 Å². The molecule has 2 heteroatoms. The molecule has 0 saturated heterocycles. The normalized spacial score (nSPS) is 9.75. The van der Waals surface area contributed by atoms with Crippen molar-refractivity contribution in [3.05, 3.63) is 68.7 Å². The molecule has 0 aliphatic carbocycles. The third kappa shape index (κ3) is 8.22. The Bertz CT molecular complexity index is 601. The number of hydrogen-bond donors (Lipinski definition) is 0. The predicted molar refractivity (Wildman–Crippen MR) is 112 cm³/mol. The van der Waals surface area contributed by atoms with Crippen molar-refractivity contribution >= 4 is 23.2 Å². The third-order valence-corrected chi connectivity index (χ3v) is 4.46. The highest BCUT2D eigenvalue weighted by atomic mass is 35.5. The molecule has 0 spiro atoms. The van der Waals surface area contributed by atoms with Crippen LogP contribution >= 0.6 is 23.2 Å². The van der Waals surface area contributed by atoms with Crippen LogP contribution in [-0.2, 0) is 6.42 Å². The van der Waals surface area contributed by atoms with Crippen molar-refractivity contribution in [1.82, 2.24) is 0 Å². The lowest BCUT2D eigenvalue weighted by Gasteiger charge is -2.07. The van der Waals surface area contributed by atoms with E-state index < -0.39 is 0 Å². The van der Waals surface area contributed by atoms with E-state index in [1.807, 2.05) is 32.0 Å². The van der Waals surface area contributed by atoms with Gasteiger partial charge in [-0.05, 0) is 60.6 Å². The van der Waals surface area contributed by atoms with Gasteiger partial charge in [0.2, 0.25) is 0 Å². The Morgan fingerprint density at radius 2 is 1.46 bits per heavy atom. The molecule has 0 radical (unpaired) electrons. The highest BCUT2D eigenvalue weighted by molar-refractivity contribution is 6.42. The van der Waals surface area contributed by atoms with E-state index in [0.717, 1.165) is 12.8 Å². The van der Waals surface area contributed by atoms with E-state index >= 15 is 0 Å². The molecule has 0 heterocycles. The van der Waals surface area contributed by atoms with Crippen LogP contribution in [0.3, 0.4) is 0 Å². The molecule has 0 nitrogen and oxygen atoms in total. The fourth-order valence-corrected chi connectivity index (χ4v) is 2.43. The first kappa shape index (κ1) is 23.0. The predicted octanol–water partition coefficient (Wildman–Crippen LogP) is 8.40. The van der Waals surface area contributed by atoms with Gasteiger partial charge in [-0.25, -0.2) is 0 Å². The van der Waals surface area contributed by atoms with Gasteiger partial charge in [0.05, 0.1) is 10.0 Å². The first-order valence-electron chi connectivity index (χ1n) is 8.86. The van der Waals surface area contributed by atoms with E-state index in [9.17, 15) is 0 Å². The van der Waals surface area contributed by atoms with E-state index in [2.05, 4.69) is 52.8 Å². The van der Waals surface area contributed by atoms with E-state index in [0.29, 0.717) is 16.0 Å². The molecular formula is C22H32Cl2. The lowest BCUT2D eigenvalue weighted by Crippen LogP contribution is -1.89. The molecule has 0 saturated carbocycles. The molecule has 0 bridgehead atoms. The zero-order valence-electron chi connectivity index (χ0n) is 16.2. The Labute approximate surface area is 159 Å². The molecule has 0 aliphatic rings. The van der Waals surface area contributed by atoms with Gasteiger partial charge in [-0.1, -0.05) is 88.5 Å². The van der Waals surface area contributed by atoms with Crippen molar-refractivity contribution < 1.29 is 0 Å². The number of benzene rings is 2. The summed E-state index contributed by atoms with van der Waals surface area (Å²) in [4.78, 5) is 0. The number of halogens is 2. The lowest BCUT2D eigenvalue weighted by atomic mass is 9.99. The second-order valence-electron chi connectivity index (χ2n) is 6.00. The largest absolute Gasteiger partial charge is 0.0827 e. The topological polar surface area (TPSA) is 0 Å². The van der Waals surface area contributed by atoms with Crippen molar-refractivity contribution in [2.24, 2.45) is 0 Å². The van der Waals surface area contributed by atoms with Crippen LogP contribution in [0.1, 0.15) is 69.2 Å². The molecule has 2 aromatic rings. The number of hydrogen-bond acceptors (Lipinski definition) is 0. The Morgan fingerprint density at radius 1 is 0.833 bits per heavy atom. The second-order valence-corrected chi connectivity index (χ2v) is 6.81. The van der Waals surface area contributed by atoms with Crippen LogP contribution in [0.25, 0.3) is 0 Å². The van der Waals surface area contributed by atoms with Crippen molar-refractivity contribution in [2.75, 3.05) is 0 Å². The monoisotopic (exact) mass is 366 g/mol. The Balaban J connectivity index is 0.000000400. The van der Waals surface area contributed by atoms with E-state index in [1.54, 1.807) is 0 Å². The van der Waals surface area contributed by atoms with Gasteiger partial charge in [0.15, 0.2) is 0 Å². The van der Waals surface area contributed by atoms with Gasteiger partial charge in [-0.3, -0.25) is 0 Å².